The molecular weight excluding hydrogens is 496 g/mol. The van der Waals surface area contributed by atoms with E-state index < -0.39 is 22.5 Å². The summed E-state index contributed by atoms with van der Waals surface area (Å²) in [5, 5.41) is 2.73. The normalized spacial score (nSPS) is 11.0. The SMILES string of the molecule is COc1ccc(S(=O)(=O)N(CC(=O)Nc2ccccc2OC)c2ccc(C)cc2)cc1Br. The average Bonchev–Trinajstić information content (AvgIpc) is 2.78. The Bertz CT molecular complexity index is 1210. The molecular formula is C23H23BrN2O5S. The number of amides is 1. The molecule has 32 heavy (non-hydrogen) atoms. The van der Waals surface area contributed by atoms with Crippen LogP contribution in [-0.2, 0) is 14.8 Å². The Morgan fingerprint density at radius 3 is 2.25 bits per heavy atom. The predicted molar refractivity (Wildman–Crippen MR) is 128 cm³/mol. The zero-order valence-corrected chi connectivity index (χ0v) is 20.2. The minimum absolute atomic E-state index is 0.0239. The second-order valence-electron chi connectivity index (χ2n) is 6.89. The highest BCUT2D eigenvalue weighted by molar-refractivity contribution is 9.10. The summed E-state index contributed by atoms with van der Waals surface area (Å²) >= 11 is 3.32. The molecule has 9 heteroatoms. The molecule has 0 bridgehead atoms. The summed E-state index contributed by atoms with van der Waals surface area (Å²) in [4.78, 5) is 12.9. The van der Waals surface area contributed by atoms with Crippen molar-refractivity contribution < 1.29 is 22.7 Å². The van der Waals surface area contributed by atoms with E-state index in [1.165, 1.54) is 26.4 Å². The predicted octanol–water partition coefficient (Wildman–Crippen LogP) is 4.61. The summed E-state index contributed by atoms with van der Waals surface area (Å²) in [6, 6.07) is 18.3. The van der Waals surface area contributed by atoms with E-state index in [1.54, 1.807) is 54.6 Å². The van der Waals surface area contributed by atoms with E-state index in [0.717, 1.165) is 9.87 Å². The number of methoxy groups -OCH3 is 2. The van der Waals surface area contributed by atoms with Crippen molar-refractivity contribution in [2.45, 2.75) is 11.8 Å². The lowest BCUT2D eigenvalue weighted by atomic mass is 10.2. The molecule has 0 aliphatic heterocycles. The monoisotopic (exact) mass is 518 g/mol. The second kappa shape index (κ2) is 10.1. The quantitative estimate of drug-likeness (QED) is 0.470. The second-order valence-corrected chi connectivity index (χ2v) is 9.61. The van der Waals surface area contributed by atoms with Crippen LogP contribution in [0.5, 0.6) is 11.5 Å². The fourth-order valence-electron chi connectivity index (χ4n) is 3.03. The Balaban J connectivity index is 1.97. The van der Waals surface area contributed by atoms with E-state index in [9.17, 15) is 13.2 Å². The van der Waals surface area contributed by atoms with Gasteiger partial charge in [0.1, 0.15) is 18.0 Å². The van der Waals surface area contributed by atoms with E-state index in [0.29, 0.717) is 27.3 Å². The standard InChI is InChI=1S/C23H23BrN2O5S/c1-16-8-10-17(11-9-16)26(15-23(27)25-20-6-4-5-7-22(20)31-3)32(28,29)18-12-13-21(30-2)19(24)14-18/h4-14H,15H2,1-3H3,(H,25,27). The summed E-state index contributed by atoms with van der Waals surface area (Å²) in [7, 11) is -1.07. The zero-order valence-electron chi connectivity index (χ0n) is 17.8. The van der Waals surface area contributed by atoms with E-state index in [4.69, 9.17) is 9.47 Å². The Kier molecular flexibility index (Phi) is 7.42. The zero-order chi connectivity index (χ0) is 23.3. The molecule has 0 heterocycles. The summed E-state index contributed by atoms with van der Waals surface area (Å²) in [6.07, 6.45) is 0. The third kappa shape index (κ3) is 5.23. The molecule has 1 N–H and O–H groups in total. The summed E-state index contributed by atoms with van der Waals surface area (Å²) in [6.45, 7) is 1.48. The average molecular weight is 519 g/mol. The van der Waals surface area contributed by atoms with Crippen LogP contribution < -0.4 is 19.1 Å². The Morgan fingerprint density at radius 2 is 1.62 bits per heavy atom. The Labute approximate surface area is 196 Å². The van der Waals surface area contributed by atoms with Gasteiger partial charge in [0.05, 0.1) is 35.0 Å². The first-order valence-electron chi connectivity index (χ1n) is 9.62. The third-order valence-corrected chi connectivity index (χ3v) is 7.09. The van der Waals surface area contributed by atoms with Crippen LogP contribution in [0.1, 0.15) is 5.56 Å². The molecule has 0 saturated heterocycles. The first-order valence-corrected chi connectivity index (χ1v) is 11.9. The molecule has 0 aromatic heterocycles. The first-order chi connectivity index (χ1) is 15.3. The molecule has 0 unspecified atom stereocenters. The fraction of sp³-hybridized carbons (Fsp3) is 0.174. The van der Waals surface area contributed by atoms with Gasteiger partial charge in [-0.05, 0) is 65.3 Å². The van der Waals surface area contributed by atoms with E-state index >= 15 is 0 Å². The Morgan fingerprint density at radius 1 is 0.969 bits per heavy atom. The van der Waals surface area contributed by atoms with Gasteiger partial charge in [-0.1, -0.05) is 29.8 Å². The number of nitrogens with zero attached hydrogens (tertiary/aromatic N) is 1. The number of carbonyl (C=O) groups excluding carboxylic acids is 1. The highest BCUT2D eigenvalue weighted by atomic mass is 79.9. The van der Waals surface area contributed by atoms with Crippen molar-refractivity contribution in [3.8, 4) is 11.5 Å². The van der Waals surface area contributed by atoms with Gasteiger partial charge < -0.3 is 14.8 Å². The lowest BCUT2D eigenvalue weighted by molar-refractivity contribution is -0.114. The van der Waals surface area contributed by atoms with Gasteiger partial charge in [0.2, 0.25) is 5.91 Å². The van der Waals surface area contributed by atoms with E-state index in [1.807, 2.05) is 6.92 Å². The van der Waals surface area contributed by atoms with E-state index in [-0.39, 0.29) is 4.90 Å². The van der Waals surface area contributed by atoms with Gasteiger partial charge in [0.25, 0.3) is 10.0 Å². The highest BCUT2D eigenvalue weighted by Gasteiger charge is 2.28. The van der Waals surface area contributed by atoms with Crippen molar-refractivity contribution in [2.24, 2.45) is 0 Å². The number of rotatable bonds is 8. The number of aryl methyl sites for hydroxylation is 1. The molecule has 0 radical (unpaired) electrons. The molecule has 0 spiro atoms. The summed E-state index contributed by atoms with van der Waals surface area (Å²) in [5.74, 6) is 0.468. The Hall–Kier alpha value is -3.04. The maximum atomic E-state index is 13.5. The number of carbonyl (C=O) groups is 1. The number of hydrogen-bond donors (Lipinski definition) is 1. The maximum Gasteiger partial charge on any atom is 0.264 e. The van der Waals surface area contributed by atoms with Crippen molar-refractivity contribution in [2.75, 3.05) is 30.4 Å². The lowest BCUT2D eigenvalue weighted by Crippen LogP contribution is -2.38. The minimum Gasteiger partial charge on any atom is -0.496 e. The van der Waals surface area contributed by atoms with Crippen LogP contribution >= 0.6 is 15.9 Å². The van der Waals surface area contributed by atoms with Crippen LogP contribution in [0.3, 0.4) is 0 Å². The summed E-state index contributed by atoms with van der Waals surface area (Å²) in [5.41, 5.74) is 1.79. The molecule has 0 aliphatic carbocycles. The largest absolute Gasteiger partial charge is 0.496 e. The highest BCUT2D eigenvalue weighted by Crippen LogP contribution is 2.31. The topological polar surface area (TPSA) is 84.9 Å². The van der Waals surface area contributed by atoms with Gasteiger partial charge in [0.15, 0.2) is 0 Å². The van der Waals surface area contributed by atoms with Gasteiger partial charge in [-0.2, -0.15) is 0 Å². The molecule has 3 rings (SSSR count). The van der Waals surface area contributed by atoms with Gasteiger partial charge in [-0.3, -0.25) is 9.10 Å². The van der Waals surface area contributed by atoms with Crippen LogP contribution in [0.4, 0.5) is 11.4 Å². The summed E-state index contributed by atoms with van der Waals surface area (Å²) < 4.78 is 39.1. The van der Waals surface area contributed by atoms with Crippen LogP contribution in [-0.4, -0.2) is 35.1 Å². The molecule has 0 saturated carbocycles. The number of para-hydroxylation sites is 2. The van der Waals surface area contributed by atoms with Gasteiger partial charge >= 0.3 is 0 Å². The minimum atomic E-state index is -4.06. The molecule has 0 fully saturated rings. The van der Waals surface area contributed by atoms with Crippen molar-refractivity contribution >= 4 is 43.2 Å². The molecule has 3 aromatic rings. The molecule has 3 aromatic carbocycles. The molecule has 1 amide bonds. The van der Waals surface area contributed by atoms with E-state index in [2.05, 4.69) is 21.2 Å². The molecule has 0 atom stereocenters. The van der Waals surface area contributed by atoms with Crippen molar-refractivity contribution in [3.63, 3.8) is 0 Å². The van der Waals surface area contributed by atoms with Gasteiger partial charge in [-0.25, -0.2) is 8.42 Å². The number of halogens is 1. The van der Waals surface area contributed by atoms with Crippen molar-refractivity contribution in [1.82, 2.24) is 0 Å². The van der Waals surface area contributed by atoms with Crippen molar-refractivity contribution in [1.29, 1.82) is 0 Å². The third-order valence-electron chi connectivity index (χ3n) is 4.70. The van der Waals surface area contributed by atoms with Gasteiger partial charge in [0, 0.05) is 0 Å². The van der Waals surface area contributed by atoms with Crippen molar-refractivity contribution in [3.05, 3.63) is 76.8 Å². The number of nitrogens with one attached hydrogen (secondary N) is 1. The number of sulfonamides is 1. The first kappa shape index (κ1) is 23.6. The molecule has 7 nitrogen and oxygen atoms in total. The molecule has 168 valence electrons. The smallest absolute Gasteiger partial charge is 0.264 e. The fourth-order valence-corrected chi connectivity index (χ4v) is 5.17. The number of anilines is 2. The number of hydrogen-bond acceptors (Lipinski definition) is 5. The lowest BCUT2D eigenvalue weighted by Gasteiger charge is -2.24. The number of benzene rings is 3. The molecule has 0 aliphatic rings. The maximum absolute atomic E-state index is 13.5. The van der Waals surface area contributed by atoms with Crippen LogP contribution in [0.2, 0.25) is 0 Å². The van der Waals surface area contributed by atoms with Crippen LogP contribution in [0.25, 0.3) is 0 Å². The van der Waals surface area contributed by atoms with Gasteiger partial charge in [-0.15, -0.1) is 0 Å². The number of ether oxygens (including phenoxy) is 2. The van der Waals surface area contributed by atoms with Crippen LogP contribution in [0, 0.1) is 6.92 Å². The van der Waals surface area contributed by atoms with Crippen LogP contribution in [0.15, 0.2) is 76.1 Å².